The van der Waals surface area contributed by atoms with Gasteiger partial charge < -0.3 is 9.88 Å². The molecule has 0 spiro atoms. The summed E-state index contributed by atoms with van der Waals surface area (Å²) in [4.78, 5) is 16.6. The average molecular weight is 271 g/mol. The number of hydrogen-bond acceptors (Lipinski definition) is 4. The first-order chi connectivity index (χ1) is 9.05. The lowest BCUT2D eigenvalue weighted by atomic mass is 9.97. The fourth-order valence-electron chi connectivity index (χ4n) is 2.43. The highest BCUT2D eigenvalue weighted by atomic mass is 19.4. The van der Waals surface area contributed by atoms with Gasteiger partial charge in [0.05, 0.1) is 12.2 Å². The van der Waals surface area contributed by atoms with E-state index < -0.39 is 12.1 Å². The Hall–Kier alpha value is -1.86. The summed E-state index contributed by atoms with van der Waals surface area (Å²) in [5, 5.41) is 0. The number of aromatic nitrogens is 4. The summed E-state index contributed by atoms with van der Waals surface area (Å²) >= 11 is 0. The van der Waals surface area contributed by atoms with E-state index in [9.17, 15) is 13.2 Å². The summed E-state index contributed by atoms with van der Waals surface area (Å²) < 4.78 is 38.4. The molecule has 3 heterocycles. The third kappa shape index (κ3) is 2.22. The van der Waals surface area contributed by atoms with Crippen molar-refractivity contribution in [1.82, 2.24) is 19.9 Å². The lowest BCUT2D eigenvalue weighted by molar-refractivity contribution is -0.176. The number of imidazole rings is 1. The van der Waals surface area contributed by atoms with Crippen molar-refractivity contribution in [3.63, 3.8) is 0 Å². The third-order valence-corrected chi connectivity index (χ3v) is 3.39. The van der Waals surface area contributed by atoms with Gasteiger partial charge in [0.2, 0.25) is 0 Å². The van der Waals surface area contributed by atoms with Crippen molar-refractivity contribution in [2.45, 2.75) is 19.0 Å². The van der Waals surface area contributed by atoms with Gasteiger partial charge in [-0.1, -0.05) is 0 Å². The van der Waals surface area contributed by atoms with Gasteiger partial charge in [0.1, 0.15) is 11.8 Å². The van der Waals surface area contributed by atoms with Crippen LogP contribution in [0.4, 0.5) is 19.0 Å². The molecule has 2 aromatic rings. The zero-order valence-corrected chi connectivity index (χ0v) is 9.98. The molecule has 5 nitrogen and oxygen atoms in total. The minimum atomic E-state index is -4.15. The van der Waals surface area contributed by atoms with Crippen LogP contribution in [0.2, 0.25) is 0 Å². The second kappa shape index (κ2) is 4.36. The lowest BCUT2D eigenvalue weighted by Gasteiger charge is -2.34. The Kier molecular flexibility index (Phi) is 2.79. The van der Waals surface area contributed by atoms with Crippen LogP contribution in [0.3, 0.4) is 0 Å². The van der Waals surface area contributed by atoms with Crippen LogP contribution in [0.5, 0.6) is 0 Å². The van der Waals surface area contributed by atoms with Gasteiger partial charge in [0, 0.05) is 13.1 Å². The summed E-state index contributed by atoms with van der Waals surface area (Å²) in [5.41, 5.74) is 1.06. The topological polar surface area (TPSA) is 57.7 Å². The van der Waals surface area contributed by atoms with E-state index >= 15 is 0 Å². The van der Waals surface area contributed by atoms with Crippen molar-refractivity contribution in [1.29, 1.82) is 0 Å². The Bertz CT molecular complexity index is 579. The van der Waals surface area contributed by atoms with Crippen LogP contribution in [0, 0.1) is 5.92 Å². The molecule has 1 aliphatic heterocycles. The maximum absolute atomic E-state index is 12.8. The summed E-state index contributed by atoms with van der Waals surface area (Å²) in [6, 6.07) is 0. The first kappa shape index (κ1) is 12.2. The fraction of sp³-hybridized carbons (Fsp3) is 0.545. The van der Waals surface area contributed by atoms with Crippen molar-refractivity contribution in [2.75, 3.05) is 18.0 Å². The van der Waals surface area contributed by atoms with Crippen molar-refractivity contribution < 1.29 is 13.2 Å². The van der Waals surface area contributed by atoms with Gasteiger partial charge in [-0.2, -0.15) is 13.2 Å². The van der Waals surface area contributed by atoms with E-state index in [2.05, 4.69) is 19.9 Å². The first-order valence-electron chi connectivity index (χ1n) is 6.01. The number of piperidine rings is 1. The lowest BCUT2D eigenvalue weighted by Crippen LogP contribution is -2.42. The first-order valence-corrected chi connectivity index (χ1v) is 6.01. The smallest absolute Gasteiger partial charge is 0.354 e. The maximum Gasteiger partial charge on any atom is 0.393 e. The summed E-state index contributed by atoms with van der Waals surface area (Å²) in [7, 11) is 0. The second-order valence-electron chi connectivity index (χ2n) is 4.63. The molecule has 0 amide bonds. The van der Waals surface area contributed by atoms with Gasteiger partial charge in [0.15, 0.2) is 11.5 Å². The van der Waals surface area contributed by atoms with Crippen LogP contribution in [0.15, 0.2) is 12.7 Å². The molecule has 2 aromatic heterocycles. The van der Waals surface area contributed by atoms with E-state index in [-0.39, 0.29) is 13.0 Å². The molecule has 0 radical (unpaired) electrons. The molecule has 3 rings (SSSR count). The number of halogens is 3. The van der Waals surface area contributed by atoms with Crippen LogP contribution < -0.4 is 4.90 Å². The number of nitrogens with zero attached hydrogens (tertiary/aromatic N) is 4. The summed E-state index contributed by atoms with van der Waals surface area (Å²) in [5.74, 6) is -0.800. The van der Waals surface area contributed by atoms with E-state index in [4.69, 9.17) is 0 Å². The van der Waals surface area contributed by atoms with Crippen LogP contribution in [-0.4, -0.2) is 39.2 Å². The van der Waals surface area contributed by atoms with Gasteiger partial charge in [-0.15, -0.1) is 0 Å². The van der Waals surface area contributed by atoms with Gasteiger partial charge in [-0.3, -0.25) is 0 Å². The number of fused-ring (bicyclic) bond motifs is 1. The number of hydrogen-bond donors (Lipinski definition) is 1. The summed E-state index contributed by atoms with van der Waals surface area (Å²) in [6.07, 6.45) is -0.677. The van der Waals surface area contributed by atoms with Crippen LogP contribution in [0.1, 0.15) is 12.8 Å². The average Bonchev–Trinajstić information content (AvgIpc) is 2.86. The molecular weight excluding hydrogens is 259 g/mol. The second-order valence-corrected chi connectivity index (χ2v) is 4.63. The van der Waals surface area contributed by atoms with Gasteiger partial charge in [0.25, 0.3) is 0 Å². The number of H-pyrrole nitrogens is 1. The Morgan fingerprint density at radius 3 is 2.89 bits per heavy atom. The van der Waals surface area contributed by atoms with Gasteiger partial charge in [-0.05, 0) is 12.8 Å². The van der Waals surface area contributed by atoms with E-state index in [1.54, 1.807) is 4.90 Å². The van der Waals surface area contributed by atoms with E-state index in [0.717, 1.165) is 0 Å². The monoisotopic (exact) mass is 271 g/mol. The molecule has 102 valence electrons. The maximum atomic E-state index is 12.8. The number of aromatic amines is 1. The Morgan fingerprint density at radius 2 is 2.11 bits per heavy atom. The molecule has 1 saturated heterocycles. The molecule has 1 unspecified atom stereocenters. The molecule has 0 saturated carbocycles. The highest BCUT2D eigenvalue weighted by molar-refractivity contribution is 5.82. The number of anilines is 1. The molecule has 1 aliphatic rings. The van der Waals surface area contributed by atoms with Crippen LogP contribution >= 0.6 is 0 Å². The van der Waals surface area contributed by atoms with Crippen LogP contribution in [0.25, 0.3) is 11.2 Å². The Labute approximate surface area is 106 Å². The Morgan fingerprint density at radius 1 is 1.26 bits per heavy atom. The molecular formula is C11H12F3N5. The molecule has 1 fully saturated rings. The van der Waals surface area contributed by atoms with Crippen LogP contribution in [-0.2, 0) is 0 Å². The van der Waals surface area contributed by atoms with Gasteiger partial charge in [-0.25, -0.2) is 15.0 Å². The third-order valence-electron chi connectivity index (χ3n) is 3.39. The quantitative estimate of drug-likeness (QED) is 0.863. The number of alkyl halides is 3. The van der Waals surface area contributed by atoms with E-state index in [1.807, 2.05) is 0 Å². The SMILES string of the molecule is FC(F)(F)C1CCCN(c2ncnc3nc[nH]c23)C1. The summed E-state index contributed by atoms with van der Waals surface area (Å²) in [6.45, 7) is 0.506. The molecule has 0 bridgehead atoms. The zero-order valence-electron chi connectivity index (χ0n) is 9.98. The minimum absolute atomic E-state index is 0.0609. The molecule has 0 aromatic carbocycles. The highest BCUT2D eigenvalue weighted by Crippen LogP contribution is 2.35. The van der Waals surface area contributed by atoms with Crippen molar-refractivity contribution in [2.24, 2.45) is 5.92 Å². The van der Waals surface area contributed by atoms with E-state index in [1.165, 1.54) is 12.7 Å². The fourth-order valence-corrected chi connectivity index (χ4v) is 2.43. The number of rotatable bonds is 1. The number of nitrogens with one attached hydrogen (secondary N) is 1. The predicted octanol–water partition coefficient (Wildman–Crippen LogP) is 2.13. The van der Waals surface area contributed by atoms with Crippen molar-refractivity contribution in [3.8, 4) is 0 Å². The van der Waals surface area contributed by atoms with Crippen molar-refractivity contribution >= 4 is 17.0 Å². The Balaban J connectivity index is 1.91. The molecule has 1 N–H and O–H groups in total. The van der Waals surface area contributed by atoms with Crippen molar-refractivity contribution in [3.05, 3.63) is 12.7 Å². The normalized spacial score (nSPS) is 21.0. The molecule has 19 heavy (non-hydrogen) atoms. The predicted molar refractivity (Wildman–Crippen MR) is 62.7 cm³/mol. The van der Waals surface area contributed by atoms with E-state index in [0.29, 0.717) is 29.9 Å². The largest absolute Gasteiger partial charge is 0.393 e. The molecule has 8 heteroatoms. The van der Waals surface area contributed by atoms with Gasteiger partial charge >= 0.3 is 6.18 Å². The molecule has 1 atom stereocenters. The zero-order chi connectivity index (χ0) is 13.5. The molecule has 0 aliphatic carbocycles. The minimum Gasteiger partial charge on any atom is -0.354 e. The standard InChI is InChI=1S/C11H12F3N5/c12-11(13,14)7-2-1-3-19(4-7)10-8-9(16-5-15-8)17-6-18-10/h5-7H,1-4H2,(H,15,16,17,18). The highest BCUT2D eigenvalue weighted by Gasteiger charge is 2.42.